The number of aromatic hydroxyl groups is 1. The maximum atomic E-state index is 9.52. The Morgan fingerprint density at radius 3 is 2.89 bits per heavy atom. The van der Waals surface area contributed by atoms with Gasteiger partial charge in [0.2, 0.25) is 0 Å². The molecule has 2 aromatic rings. The van der Waals surface area contributed by atoms with Crippen LogP contribution in [0.3, 0.4) is 0 Å². The van der Waals surface area contributed by atoms with E-state index in [9.17, 15) is 5.11 Å². The molecule has 0 bridgehead atoms. The molecule has 2 rings (SSSR count). The maximum absolute atomic E-state index is 9.52. The summed E-state index contributed by atoms with van der Waals surface area (Å²) >= 11 is 1.70. The lowest BCUT2D eigenvalue weighted by Gasteiger charge is -2.13. The number of nitrogens with one attached hydrogen (secondary N) is 1. The third-order valence-corrected chi connectivity index (χ3v) is 3.60. The second kappa shape index (κ2) is 5.89. The summed E-state index contributed by atoms with van der Waals surface area (Å²) in [6, 6.07) is 7.84. The fourth-order valence-corrected chi connectivity index (χ4v) is 2.50. The molecular formula is C14H17NO2S. The summed E-state index contributed by atoms with van der Waals surface area (Å²) in [5.74, 6) is 0.685. The fourth-order valence-electron chi connectivity index (χ4n) is 1.74. The van der Waals surface area contributed by atoms with Crippen LogP contribution in [0, 0.1) is 0 Å². The topological polar surface area (TPSA) is 41.5 Å². The molecule has 3 nitrogen and oxygen atoms in total. The lowest BCUT2D eigenvalue weighted by molar-refractivity contribution is 0.372. The molecule has 18 heavy (non-hydrogen) atoms. The number of benzene rings is 1. The molecule has 1 unspecified atom stereocenters. The van der Waals surface area contributed by atoms with Crippen molar-refractivity contribution in [2.45, 2.75) is 19.5 Å². The number of phenolic OH excluding ortho intramolecular Hbond substituents is 1. The third kappa shape index (κ3) is 3.03. The molecule has 4 heteroatoms. The molecular weight excluding hydrogens is 246 g/mol. The molecule has 96 valence electrons. The highest BCUT2D eigenvalue weighted by Gasteiger charge is 2.06. The zero-order valence-electron chi connectivity index (χ0n) is 10.5. The van der Waals surface area contributed by atoms with Gasteiger partial charge in [0.15, 0.2) is 11.5 Å². The van der Waals surface area contributed by atoms with Crippen LogP contribution in [0.2, 0.25) is 0 Å². The first-order valence-electron chi connectivity index (χ1n) is 5.82. The van der Waals surface area contributed by atoms with E-state index in [2.05, 4.69) is 29.1 Å². The van der Waals surface area contributed by atoms with E-state index in [1.54, 1.807) is 24.5 Å². The largest absolute Gasteiger partial charge is 0.504 e. The maximum Gasteiger partial charge on any atom is 0.160 e. The second-order valence-electron chi connectivity index (χ2n) is 4.17. The van der Waals surface area contributed by atoms with Crippen molar-refractivity contribution in [1.29, 1.82) is 0 Å². The fraction of sp³-hybridized carbons (Fsp3) is 0.286. The number of methoxy groups -OCH3 is 1. The van der Waals surface area contributed by atoms with Crippen LogP contribution in [-0.2, 0) is 6.54 Å². The zero-order chi connectivity index (χ0) is 13.0. The number of phenols is 1. The van der Waals surface area contributed by atoms with E-state index in [1.807, 2.05) is 12.1 Å². The standard InChI is InChI=1S/C14H17NO2S/c1-10(12-5-6-18-9-12)15-8-11-3-4-13(16)14(7-11)17-2/h3-7,9-10,15-16H,8H2,1-2H3. The Morgan fingerprint density at radius 2 is 2.22 bits per heavy atom. The van der Waals surface area contributed by atoms with Gasteiger partial charge in [0, 0.05) is 12.6 Å². The highest BCUT2D eigenvalue weighted by Crippen LogP contribution is 2.26. The van der Waals surface area contributed by atoms with Crippen molar-refractivity contribution in [1.82, 2.24) is 5.32 Å². The molecule has 0 radical (unpaired) electrons. The van der Waals surface area contributed by atoms with Crippen LogP contribution in [0.15, 0.2) is 35.0 Å². The summed E-state index contributed by atoms with van der Waals surface area (Å²) in [5, 5.41) is 17.2. The summed E-state index contributed by atoms with van der Waals surface area (Å²) in [6.07, 6.45) is 0. The Kier molecular flexibility index (Phi) is 4.23. The Bertz CT molecular complexity index is 497. The molecule has 1 aromatic carbocycles. The van der Waals surface area contributed by atoms with Crippen LogP contribution < -0.4 is 10.1 Å². The van der Waals surface area contributed by atoms with E-state index in [0.717, 1.165) is 12.1 Å². The molecule has 2 N–H and O–H groups in total. The number of thiophene rings is 1. The van der Waals surface area contributed by atoms with Crippen LogP contribution in [0.1, 0.15) is 24.1 Å². The molecule has 0 aliphatic carbocycles. The van der Waals surface area contributed by atoms with Crippen molar-refractivity contribution >= 4 is 11.3 Å². The van der Waals surface area contributed by atoms with E-state index in [4.69, 9.17) is 4.74 Å². The summed E-state index contributed by atoms with van der Waals surface area (Å²) in [7, 11) is 1.56. The van der Waals surface area contributed by atoms with Gasteiger partial charge in [-0.15, -0.1) is 0 Å². The molecule has 0 spiro atoms. The normalized spacial score (nSPS) is 12.3. The first-order chi connectivity index (χ1) is 8.70. The Hall–Kier alpha value is -1.52. The van der Waals surface area contributed by atoms with Gasteiger partial charge in [-0.1, -0.05) is 6.07 Å². The molecule has 0 aliphatic rings. The average Bonchev–Trinajstić information content (AvgIpc) is 2.91. The van der Waals surface area contributed by atoms with E-state index in [1.165, 1.54) is 5.56 Å². The molecule has 0 amide bonds. The third-order valence-electron chi connectivity index (χ3n) is 2.90. The van der Waals surface area contributed by atoms with Crippen LogP contribution in [0.5, 0.6) is 11.5 Å². The number of hydrogen-bond donors (Lipinski definition) is 2. The van der Waals surface area contributed by atoms with Gasteiger partial charge < -0.3 is 15.2 Å². The first kappa shape index (κ1) is 12.9. The summed E-state index contributed by atoms with van der Waals surface area (Å²) in [4.78, 5) is 0. The summed E-state index contributed by atoms with van der Waals surface area (Å²) in [6.45, 7) is 2.88. The van der Waals surface area contributed by atoms with Gasteiger partial charge in [-0.2, -0.15) is 11.3 Å². The highest BCUT2D eigenvalue weighted by molar-refractivity contribution is 7.07. The molecule has 0 aliphatic heterocycles. The van der Waals surface area contributed by atoms with Crippen molar-refractivity contribution < 1.29 is 9.84 Å². The van der Waals surface area contributed by atoms with E-state index < -0.39 is 0 Å². The van der Waals surface area contributed by atoms with E-state index in [-0.39, 0.29) is 5.75 Å². The molecule has 1 aromatic heterocycles. The number of ether oxygens (including phenoxy) is 1. The van der Waals surface area contributed by atoms with Crippen LogP contribution >= 0.6 is 11.3 Å². The summed E-state index contributed by atoms with van der Waals surface area (Å²) < 4.78 is 5.09. The minimum Gasteiger partial charge on any atom is -0.504 e. The number of hydrogen-bond acceptors (Lipinski definition) is 4. The Morgan fingerprint density at radius 1 is 1.39 bits per heavy atom. The van der Waals surface area contributed by atoms with Crippen LogP contribution in [0.4, 0.5) is 0 Å². The van der Waals surface area contributed by atoms with E-state index >= 15 is 0 Å². The monoisotopic (exact) mass is 263 g/mol. The molecule has 0 fully saturated rings. The van der Waals surface area contributed by atoms with E-state index in [0.29, 0.717) is 11.8 Å². The minimum absolute atomic E-state index is 0.173. The second-order valence-corrected chi connectivity index (χ2v) is 4.95. The van der Waals surface area contributed by atoms with Crippen molar-refractivity contribution in [3.8, 4) is 11.5 Å². The predicted molar refractivity (Wildman–Crippen MR) is 74.2 cm³/mol. The quantitative estimate of drug-likeness (QED) is 0.869. The van der Waals surface area contributed by atoms with Gasteiger partial charge in [0.25, 0.3) is 0 Å². The Labute approximate surface area is 111 Å². The number of rotatable bonds is 5. The zero-order valence-corrected chi connectivity index (χ0v) is 11.3. The Balaban J connectivity index is 1.98. The lowest BCUT2D eigenvalue weighted by Crippen LogP contribution is -2.17. The lowest BCUT2D eigenvalue weighted by atomic mass is 10.1. The SMILES string of the molecule is COc1cc(CNC(C)c2ccsc2)ccc1O. The van der Waals surface area contributed by atoms with Crippen molar-refractivity contribution in [3.63, 3.8) is 0 Å². The van der Waals surface area contributed by atoms with Gasteiger partial charge in [0.05, 0.1) is 7.11 Å². The molecule has 0 saturated heterocycles. The highest BCUT2D eigenvalue weighted by atomic mass is 32.1. The van der Waals surface area contributed by atoms with Crippen molar-refractivity contribution in [2.24, 2.45) is 0 Å². The predicted octanol–water partition coefficient (Wildman–Crippen LogP) is 3.31. The first-order valence-corrected chi connectivity index (χ1v) is 6.76. The smallest absolute Gasteiger partial charge is 0.160 e. The van der Waals surface area contributed by atoms with Crippen molar-refractivity contribution in [2.75, 3.05) is 7.11 Å². The van der Waals surface area contributed by atoms with Crippen LogP contribution in [-0.4, -0.2) is 12.2 Å². The van der Waals surface area contributed by atoms with Crippen molar-refractivity contribution in [3.05, 3.63) is 46.2 Å². The average molecular weight is 263 g/mol. The molecule has 1 heterocycles. The van der Waals surface area contributed by atoms with Gasteiger partial charge in [-0.05, 0) is 47.0 Å². The molecule has 0 saturated carbocycles. The summed E-state index contributed by atoms with van der Waals surface area (Å²) in [5.41, 5.74) is 2.39. The molecule has 1 atom stereocenters. The van der Waals surface area contributed by atoms with Gasteiger partial charge in [-0.25, -0.2) is 0 Å². The van der Waals surface area contributed by atoms with Gasteiger partial charge in [-0.3, -0.25) is 0 Å². The van der Waals surface area contributed by atoms with Gasteiger partial charge in [0.1, 0.15) is 0 Å². The van der Waals surface area contributed by atoms with Gasteiger partial charge >= 0.3 is 0 Å². The van der Waals surface area contributed by atoms with Crippen LogP contribution in [0.25, 0.3) is 0 Å². The minimum atomic E-state index is 0.173.